The molecule has 0 bridgehead atoms. The molecular formula is C33H42N4O4Si. The van der Waals surface area contributed by atoms with Crippen molar-refractivity contribution in [1.82, 2.24) is 19.7 Å². The summed E-state index contributed by atoms with van der Waals surface area (Å²) in [6.45, 7) is 12.2. The number of aromatic nitrogens is 4. The van der Waals surface area contributed by atoms with E-state index in [4.69, 9.17) is 24.5 Å². The number of pyridine rings is 2. The molecule has 1 saturated carbocycles. The molecule has 1 aliphatic carbocycles. The molecule has 4 aromatic rings. The maximum Gasteiger partial charge on any atom is 0.315 e. The second kappa shape index (κ2) is 12.0. The van der Waals surface area contributed by atoms with Gasteiger partial charge in [-0.2, -0.15) is 5.10 Å². The fourth-order valence-electron chi connectivity index (χ4n) is 5.81. The largest absolute Gasteiger partial charge is 0.494 e. The second-order valence-corrected chi connectivity index (χ2v) is 18.4. The zero-order valence-electron chi connectivity index (χ0n) is 25.7. The van der Waals surface area contributed by atoms with E-state index in [1.165, 1.54) is 5.56 Å². The van der Waals surface area contributed by atoms with Crippen LogP contribution in [0.5, 0.6) is 5.75 Å². The second-order valence-electron chi connectivity index (χ2n) is 12.7. The maximum atomic E-state index is 12.4. The summed E-state index contributed by atoms with van der Waals surface area (Å²) in [5, 5.41) is 15.1. The molecule has 0 saturated heterocycles. The Morgan fingerprint density at radius 3 is 2.48 bits per heavy atom. The molecular weight excluding hydrogens is 544 g/mol. The Labute approximate surface area is 249 Å². The summed E-state index contributed by atoms with van der Waals surface area (Å²) in [5.41, 5.74) is 6.76. The van der Waals surface area contributed by atoms with Gasteiger partial charge in [-0.15, -0.1) is 0 Å². The fourth-order valence-corrected chi connectivity index (χ4v) is 6.57. The van der Waals surface area contributed by atoms with Crippen molar-refractivity contribution in [2.24, 2.45) is 0 Å². The van der Waals surface area contributed by atoms with Crippen molar-refractivity contribution >= 4 is 25.1 Å². The molecule has 3 aromatic heterocycles. The lowest BCUT2D eigenvalue weighted by Gasteiger charge is -2.32. The lowest BCUT2D eigenvalue weighted by atomic mass is 9.71. The van der Waals surface area contributed by atoms with Crippen LogP contribution >= 0.6 is 0 Å². The molecule has 0 amide bonds. The molecule has 0 radical (unpaired) electrons. The third kappa shape index (κ3) is 5.85. The number of nitrogens with zero attached hydrogens (tertiary/aromatic N) is 4. The van der Waals surface area contributed by atoms with Crippen molar-refractivity contribution in [2.75, 3.05) is 13.7 Å². The molecule has 0 spiro atoms. The van der Waals surface area contributed by atoms with Crippen LogP contribution in [0.25, 0.3) is 33.5 Å². The van der Waals surface area contributed by atoms with Gasteiger partial charge in [-0.05, 0) is 56.0 Å². The fraction of sp³-hybridized carbons (Fsp3) is 0.455. The number of fused-ring (bicyclic) bond motifs is 1. The molecule has 3 heterocycles. The lowest BCUT2D eigenvalue weighted by molar-refractivity contribution is -0.145. The molecule has 1 aromatic carbocycles. The van der Waals surface area contributed by atoms with Gasteiger partial charge in [0.05, 0.1) is 18.3 Å². The average Bonchev–Trinajstić information content (AvgIpc) is 3.33. The highest BCUT2D eigenvalue weighted by Gasteiger charge is 2.42. The number of methoxy groups -OCH3 is 1. The Morgan fingerprint density at radius 1 is 1.07 bits per heavy atom. The van der Waals surface area contributed by atoms with E-state index in [9.17, 15) is 9.90 Å². The number of rotatable bonds is 10. The van der Waals surface area contributed by atoms with Gasteiger partial charge in [0.15, 0.2) is 0 Å². The van der Waals surface area contributed by atoms with Gasteiger partial charge in [0.25, 0.3) is 0 Å². The van der Waals surface area contributed by atoms with Crippen LogP contribution in [0.2, 0.25) is 25.7 Å². The van der Waals surface area contributed by atoms with Gasteiger partial charge in [-0.25, -0.2) is 9.67 Å². The van der Waals surface area contributed by atoms with E-state index < -0.39 is 19.5 Å². The molecule has 1 fully saturated rings. The number of ether oxygens (including phenoxy) is 2. The lowest BCUT2D eigenvalue weighted by Crippen LogP contribution is -2.38. The minimum atomic E-state index is -1.24. The van der Waals surface area contributed by atoms with Crippen molar-refractivity contribution < 1.29 is 19.4 Å². The molecule has 9 heteroatoms. The number of aryl methyl sites for hydroxylation is 1. The van der Waals surface area contributed by atoms with Gasteiger partial charge in [0, 0.05) is 38.1 Å². The van der Waals surface area contributed by atoms with Crippen molar-refractivity contribution in [3.8, 4) is 28.3 Å². The van der Waals surface area contributed by atoms with E-state index in [2.05, 4.69) is 45.6 Å². The highest BCUT2D eigenvalue weighted by Crippen LogP contribution is 2.40. The smallest absolute Gasteiger partial charge is 0.315 e. The minimum Gasteiger partial charge on any atom is -0.494 e. The topological polar surface area (TPSA) is 99.4 Å². The molecule has 5 rings (SSSR count). The van der Waals surface area contributed by atoms with E-state index in [-0.39, 0.29) is 0 Å². The van der Waals surface area contributed by atoms with Gasteiger partial charge in [-0.1, -0.05) is 57.1 Å². The molecule has 0 unspecified atom stereocenters. The SMILES string of the molecule is COc1cc2c(nc1-c1cccc(C)c1C)c(-c1ccc(C3(C(=O)O)CCCCC3)nc1)nn2COCC[Si](C)(C)C. The normalized spacial score (nSPS) is 15.2. The number of hydrogen-bond acceptors (Lipinski definition) is 6. The Bertz CT molecular complexity index is 1580. The molecule has 1 N–H and O–H groups in total. The highest BCUT2D eigenvalue weighted by atomic mass is 28.3. The summed E-state index contributed by atoms with van der Waals surface area (Å²) >= 11 is 0. The minimum absolute atomic E-state index is 0.294. The first kappa shape index (κ1) is 29.9. The van der Waals surface area contributed by atoms with Gasteiger partial charge < -0.3 is 14.6 Å². The Hall–Kier alpha value is -3.56. The van der Waals surface area contributed by atoms with E-state index in [0.29, 0.717) is 43.3 Å². The standard InChI is InChI=1S/C33H42N4O4Si/c1-22-11-10-12-25(23(22)2)30-27(40-3)19-26-31(35-30)29(36-37(26)21-41-17-18-42(4,5)6)24-13-14-28(34-20-24)33(32(38)39)15-8-7-9-16-33/h10-14,19-20H,7-9,15-18,21H2,1-6H3,(H,38,39). The van der Waals surface area contributed by atoms with Crippen molar-refractivity contribution in [3.05, 3.63) is 59.4 Å². The summed E-state index contributed by atoms with van der Waals surface area (Å²) in [6.07, 6.45) is 5.83. The first-order valence-corrected chi connectivity index (χ1v) is 18.5. The maximum absolute atomic E-state index is 12.4. The van der Waals surface area contributed by atoms with E-state index in [0.717, 1.165) is 58.7 Å². The van der Waals surface area contributed by atoms with Crippen molar-refractivity contribution in [2.45, 2.75) is 83.8 Å². The highest BCUT2D eigenvalue weighted by molar-refractivity contribution is 6.76. The summed E-state index contributed by atoms with van der Waals surface area (Å²) in [6, 6.07) is 13.0. The molecule has 222 valence electrons. The van der Waals surface area contributed by atoms with E-state index >= 15 is 0 Å². The predicted molar refractivity (Wildman–Crippen MR) is 169 cm³/mol. The first-order valence-electron chi connectivity index (χ1n) is 14.8. The number of hydrogen-bond donors (Lipinski definition) is 1. The summed E-state index contributed by atoms with van der Waals surface area (Å²) in [7, 11) is 0.425. The third-order valence-corrected chi connectivity index (χ3v) is 10.3. The van der Waals surface area contributed by atoms with Gasteiger partial charge in [-0.3, -0.25) is 9.78 Å². The van der Waals surface area contributed by atoms with Crippen LogP contribution in [0.3, 0.4) is 0 Å². The van der Waals surface area contributed by atoms with Crippen LogP contribution in [0.1, 0.15) is 48.9 Å². The van der Waals surface area contributed by atoms with E-state index in [1.807, 2.05) is 28.9 Å². The molecule has 42 heavy (non-hydrogen) atoms. The number of carbonyl (C=O) groups is 1. The van der Waals surface area contributed by atoms with Crippen LogP contribution in [-0.4, -0.2) is 52.6 Å². The Kier molecular flexibility index (Phi) is 8.53. The Morgan fingerprint density at radius 2 is 1.83 bits per heavy atom. The number of benzene rings is 1. The van der Waals surface area contributed by atoms with E-state index in [1.54, 1.807) is 13.3 Å². The number of aliphatic carboxylic acids is 1. The third-order valence-electron chi connectivity index (χ3n) is 8.62. The van der Waals surface area contributed by atoms with Crippen LogP contribution in [0.4, 0.5) is 0 Å². The van der Waals surface area contributed by atoms with Crippen molar-refractivity contribution in [3.63, 3.8) is 0 Å². The summed E-state index contributed by atoms with van der Waals surface area (Å²) < 4.78 is 13.8. The van der Waals surface area contributed by atoms with Crippen LogP contribution < -0.4 is 4.74 Å². The first-order chi connectivity index (χ1) is 20.0. The van der Waals surface area contributed by atoms with Gasteiger partial charge in [0.1, 0.15) is 34.8 Å². The average molecular weight is 587 g/mol. The van der Waals surface area contributed by atoms with Crippen LogP contribution in [0.15, 0.2) is 42.6 Å². The molecule has 8 nitrogen and oxygen atoms in total. The molecule has 0 atom stereocenters. The summed E-state index contributed by atoms with van der Waals surface area (Å²) in [5.74, 6) is -0.125. The van der Waals surface area contributed by atoms with Gasteiger partial charge in [0.2, 0.25) is 0 Å². The zero-order valence-corrected chi connectivity index (χ0v) is 26.7. The monoisotopic (exact) mass is 586 g/mol. The summed E-state index contributed by atoms with van der Waals surface area (Å²) in [4.78, 5) is 22.3. The Balaban J connectivity index is 1.61. The number of carboxylic acid groups (broad SMARTS) is 1. The van der Waals surface area contributed by atoms with Crippen LogP contribution in [0, 0.1) is 13.8 Å². The predicted octanol–water partition coefficient (Wildman–Crippen LogP) is 7.38. The zero-order chi connectivity index (χ0) is 30.1. The number of carboxylic acids is 1. The quantitative estimate of drug-likeness (QED) is 0.153. The molecule has 0 aliphatic heterocycles. The molecule has 1 aliphatic rings. The van der Waals surface area contributed by atoms with Gasteiger partial charge >= 0.3 is 5.97 Å². The van der Waals surface area contributed by atoms with Crippen LogP contribution in [-0.2, 0) is 21.7 Å². The van der Waals surface area contributed by atoms with Crippen molar-refractivity contribution in [1.29, 1.82) is 0 Å².